The molecule has 6 heteroatoms. The van der Waals surface area contributed by atoms with Crippen LogP contribution in [0.3, 0.4) is 0 Å². The molecule has 0 unspecified atom stereocenters. The highest BCUT2D eigenvalue weighted by Crippen LogP contribution is 2.29. The van der Waals surface area contributed by atoms with Crippen LogP contribution in [-0.4, -0.2) is 26.9 Å². The highest BCUT2D eigenvalue weighted by atomic mass is 35.5. The zero-order valence-corrected chi connectivity index (χ0v) is 12.1. The minimum Gasteiger partial charge on any atom is -0.316 e. The molecule has 0 bridgehead atoms. The van der Waals surface area contributed by atoms with E-state index in [1.807, 2.05) is 18.2 Å². The van der Waals surface area contributed by atoms with Crippen molar-refractivity contribution in [3.05, 3.63) is 53.6 Å². The van der Waals surface area contributed by atoms with Crippen LogP contribution < -0.4 is 5.32 Å². The number of carbonyl (C=O) groups is 1. The summed E-state index contributed by atoms with van der Waals surface area (Å²) in [5.74, 6) is 0. The predicted octanol–water partition coefficient (Wildman–Crippen LogP) is 3.33. The third kappa shape index (κ3) is 3.49. The SMILES string of the molecule is O=C(Nc1cccnc1Cl)N(Cc1ccccn1)C1CC1. The van der Waals surface area contributed by atoms with Crippen LogP contribution in [0.2, 0.25) is 5.15 Å². The largest absolute Gasteiger partial charge is 0.322 e. The van der Waals surface area contributed by atoms with E-state index >= 15 is 0 Å². The molecule has 1 N–H and O–H groups in total. The summed E-state index contributed by atoms with van der Waals surface area (Å²) < 4.78 is 0. The fraction of sp³-hybridized carbons (Fsp3) is 0.267. The van der Waals surface area contributed by atoms with E-state index in [1.54, 1.807) is 29.4 Å². The minimum atomic E-state index is -0.168. The van der Waals surface area contributed by atoms with Gasteiger partial charge in [-0.25, -0.2) is 9.78 Å². The van der Waals surface area contributed by atoms with Crippen molar-refractivity contribution in [2.75, 3.05) is 5.32 Å². The Labute approximate surface area is 128 Å². The third-order valence-electron chi connectivity index (χ3n) is 3.31. The van der Waals surface area contributed by atoms with E-state index < -0.39 is 0 Å². The van der Waals surface area contributed by atoms with Gasteiger partial charge in [0.25, 0.3) is 0 Å². The predicted molar refractivity (Wildman–Crippen MR) is 81.1 cm³/mol. The van der Waals surface area contributed by atoms with Crippen LogP contribution >= 0.6 is 11.6 Å². The molecule has 2 aromatic heterocycles. The maximum absolute atomic E-state index is 12.5. The van der Waals surface area contributed by atoms with Gasteiger partial charge in [0, 0.05) is 18.4 Å². The fourth-order valence-electron chi connectivity index (χ4n) is 2.09. The van der Waals surface area contributed by atoms with Gasteiger partial charge in [0.1, 0.15) is 0 Å². The van der Waals surface area contributed by atoms with E-state index in [-0.39, 0.29) is 12.1 Å². The molecule has 0 atom stereocenters. The molecule has 0 aromatic carbocycles. The average Bonchev–Trinajstić information content (AvgIpc) is 3.33. The van der Waals surface area contributed by atoms with Crippen molar-refractivity contribution in [2.45, 2.75) is 25.4 Å². The fourth-order valence-corrected chi connectivity index (χ4v) is 2.25. The molecule has 1 aliphatic rings. The third-order valence-corrected chi connectivity index (χ3v) is 3.61. The van der Waals surface area contributed by atoms with Crippen molar-refractivity contribution in [3.8, 4) is 0 Å². The van der Waals surface area contributed by atoms with Gasteiger partial charge in [-0.2, -0.15) is 0 Å². The van der Waals surface area contributed by atoms with Gasteiger partial charge in [-0.05, 0) is 37.1 Å². The molecule has 2 aromatic rings. The monoisotopic (exact) mass is 302 g/mol. The van der Waals surface area contributed by atoms with Gasteiger partial charge in [0.2, 0.25) is 0 Å². The van der Waals surface area contributed by atoms with Crippen LogP contribution in [0.15, 0.2) is 42.7 Å². The quantitative estimate of drug-likeness (QED) is 0.881. The molecule has 0 radical (unpaired) electrons. The lowest BCUT2D eigenvalue weighted by atomic mass is 10.3. The van der Waals surface area contributed by atoms with Crippen LogP contribution in [0.4, 0.5) is 10.5 Å². The summed E-state index contributed by atoms with van der Waals surface area (Å²) in [5, 5.41) is 3.11. The van der Waals surface area contributed by atoms with Gasteiger partial charge >= 0.3 is 6.03 Å². The molecule has 0 spiro atoms. The number of halogens is 1. The molecule has 21 heavy (non-hydrogen) atoms. The molecule has 0 saturated heterocycles. The second-order valence-electron chi connectivity index (χ2n) is 4.95. The molecule has 1 saturated carbocycles. The van der Waals surface area contributed by atoms with Crippen LogP contribution in [0.25, 0.3) is 0 Å². The Bertz CT molecular complexity index is 631. The molecule has 1 aliphatic carbocycles. The zero-order chi connectivity index (χ0) is 14.7. The molecular formula is C15H15ClN4O. The second kappa shape index (κ2) is 6.10. The average molecular weight is 303 g/mol. The van der Waals surface area contributed by atoms with Gasteiger partial charge in [-0.15, -0.1) is 0 Å². The van der Waals surface area contributed by atoms with Gasteiger partial charge in [-0.3, -0.25) is 4.98 Å². The maximum atomic E-state index is 12.5. The summed E-state index contributed by atoms with van der Waals surface area (Å²) in [5.41, 5.74) is 1.40. The van der Waals surface area contributed by atoms with Crippen molar-refractivity contribution >= 4 is 23.3 Å². The number of amides is 2. The Morgan fingerprint density at radius 1 is 1.24 bits per heavy atom. The number of rotatable bonds is 4. The highest BCUT2D eigenvalue weighted by molar-refractivity contribution is 6.32. The van der Waals surface area contributed by atoms with Crippen molar-refractivity contribution in [3.63, 3.8) is 0 Å². The Morgan fingerprint density at radius 2 is 2.05 bits per heavy atom. The molecule has 3 rings (SSSR count). The Kier molecular flexibility index (Phi) is 4.01. The Morgan fingerprint density at radius 3 is 2.71 bits per heavy atom. The lowest BCUT2D eigenvalue weighted by Crippen LogP contribution is -2.36. The van der Waals surface area contributed by atoms with Crippen molar-refractivity contribution in [1.82, 2.24) is 14.9 Å². The number of nitrogens with zero attached hydrogens (tertiary/aromatic N) is 3. The zero-order valence-electron chi connectivity index (χ0n) is 11.4. The maximum Gasteiger partial charge on any atom is 0.322 e. The van der Waals surface area contributed by atoms with E-state index in [0.717, 1.165) is 18.5 Å². The summed E-state index contributed by atoms with van der Waals surface area (Å²) in [6.45, 7) is 0.495. The summed E-state index contributed by atoms with van der Waals surface area (Å²) in [6, 6.07) is 9.28. The van der Waals surface area contributed by atoms with Gasteiger partial charge in [-0.1, -0.05) is 17.7 Å². The standard InChI is InChI=1S/C15H15ClN4O/c16-14-13(5-3-9-18-14)19-15(21)20(12-6-7-12)10-11-4-1-2-8-17-11/h1-5,8-9,12H,6-7,10H2,(H,19,21). The first kappa shape index (κ1) is 13.8. The van der Waals surface area contributed by atoms with Crippen molar-refractivity contribution in [1.29, 1.82) is 0 Å². The first-order chi connectivity index (χ1) is 10.2. The molecule has 5 nitrogen and oxygen atoms in total. The van der Waals surface area contributed by atoms with Crippen LogP contribution in [0.1, 0.15) is 18.5 Å². The number of aromatic nitrogens is 2. The summed E-state index contributed by atoms with van der Waals surface area (Å²) in [6.07, 6.45) is 5.38. The second-order valence-corrected chi connectivity index (χ2v) is 5.31. The number of anilines is 1. The van der Waals surface area contributed by atoms with E-state index in [9.17, 15) is 4.79 Å². The summed E-state index contributed by atoms with van der Waals surface area (Å²) in [4.78, 5) is 22.5. The molecule has 108 valence electrons. The topological polar surface area (TPSA) is 58.1 Å². The number of urea groups is 1. The van der Waals surface area contributed by atoms with Gasteiger partial charge < -0.3 is 10.2 Å². The van der Waals surface area contributed by atoms with Gasteiger partial charge in [0.15, 0.2) is 5.15 Å². The highest BCUT2D eigenvalue weighted by Gasteiger charge is 2.33. The first-order valence-corrected chi connectivity index (χ1v) is 7.20. The molecule has 2 amide bonds. The summed E-state index contributed by atoms with van der Waals surface area (Å²) in [7, 11) is 0. The van der Waals surface area contributed by atoms with Crippen molar-refractivity contribution in [2.24, 2.45) is 0 Å². The Hall–Kier alpha value is -2.14. The van der Waals surface area contributed by atoms with E-state index in [1.165, 1.54) is 0 Å². The number of hydrogen-bond acceptors (Lipinski definition) is 3. The molecule has 0 aliphatic heterocycles. The number of hydrogen-bond donors (Lipinski definition) is 1. The smallest absolute Gasteiger partial charge is 0.316 e. The Balaban J connectivity index is 1.72. The number of nitrogens with one attached hydrogen (secondary N) is 1. The normalized spacial score (nSPS) is 13.8. The van der Waals surface area contributed by atoms with Crippen LogP contribution in [0.5, 0.6) is 0 Å². The van der Waals surface area contributed by atoms with Crippen LogP contribution in [0, 0.1) is 0 Å². The minimum absolute atomic E-state index is 0.168. The van der Waals surface area contributed by atoms with Gasteiger partial charge in [0.05, 0.1) is 17.9 Å². The first-order valence-electron chi connectivity index (χ1n) is 6.82. The lowest BCUT2D eigenvalue weighted by Gasteiger charge is -2.22. The summed E-state index contributed by atoms with van der Waals surface area (Å²) >= 11 is 5.97. The number of pyridine rings is 2. The molecule has 2 heterocycles. The van der Waals surface area contributed by atoms with Crippen molar-refractivity contribution < 1.29 is 4.79 Å². The number of carbonyl (C=O) groups excluding carboxylic acids is 1. The van der Waals surface area contributed by atoms with Crippen LogP contribution in [-0.2, 0) is 6.54 Å². The van der Waals surface area contributed by atoms with E-state index in [4.69, 9.17) is 11.6 Å². The van der Waals surface area contributed by atoms with E-state index in [2.05, 4.69) is 15.3 Å². The lowest BCUT2D eigenvalue weighted by molar-refractivity contribution is 0.205. The molecular weight excluding hydrogens is 288 g/mol. The van der Waals surface area contributed by atoms with E-state index in [0.29, 0.717) is 17.4 Å². The molecule has 1 fully saturated rings.